The van der Waals surface area contributed by atoms with Crippen molar-refractivity contribution in [2.45, 2.75) is 46.6 Å². The van der Waals surface area contributed by atoms with Crippen molar-refractivity contribution in [3.63, 3.8) is 0 Å². The number of hydrogen-bond donors (Lipinski definition) is 1. The van der Waals surface area contributed by atoms with Crippen molar-refractivity contribution in [2.24, 2.45) is 5.41 Å². The number of carbonyl (C=O) groups excluding carboxylic acids is 1. The Morgan fingerprint density at radius 3 is 2.71 bits per heavy atom. The van der Waals surface area contributed by atoms with E-state index in [1.807, 2.05) is 26.0 Å². The summed E-state index contributed by atoms with van der Waals surface area (Å²) < 4.78 is 0. The van der Waals surface area contributed by atoms with Crippen LogP contribution in [-0.2, 0) is 4.79 Å². The maximum Gasteiger partial charge on any atom is 0.143 e. The van der Waals surface area contributed by atoms with Crippen molar-refractivity contribution in [2.75, 3.05) is 0 Å². The standard InChI is InChI=1S/C15H22O2/c1-11(8-10-16)5-6-13-12(2)14(17)7-9-15(13,3)4/h5-6,8,10,14,17H,7,9H2,1-4H3/b6-5+,11-8+. The Morgan fingerprint density at radius 2 is 2.12 bits per heavy atom. The third-order valence-corrected chi connectivity index (χ3v) is 3.54. The molecule has 0 aromatic carbocycles. The van der Waals surface area contributed by atoms with Crippen LogP contribution in [0.2, 0.25) is 0 Å². The molecule has 0 fully saturated rings. The number of rotatable bonds is 3. The van der Waals surface area contributed by atoms with E-state index in [9.17, 15) is 9.90 Å². The number of carbonyl (C=O) groups is 1. The van der Waals surface area contributed by atoms with Crippen molar-refractivity contribution in [3.8, 4) is 0 Å². The van der Waals surface area contributed by atoms with Gasteiger partial charge in [0.1, 0.15) is 6.29 Å². The van der Waals surface area contributed by atoms with Gasteiger partial charge in [-0.3, -0.25) is 4.79 Å². The fourth-order valence-corrected chi connectivity index (χ4v) is 2.30. The second-order valence-electron chi connectivity index (χ2n) is 5.42. The lowest BCUT2D eigenvalue weighted by molar-refractivity contribution is -0.104. The molecule has 0 saturated heterocycles. The Labute approximate surface area is 104 Å². The summed E-state index contributed by atoms with van der Waals surface area (Å²) in [5.41, 5.74) is 3.27. The predicted octanol–water partition coefficient (Wildman–Crippen LogP) is 3.19. The molecule has 1 aliphatic carbocycles. The maximum atomic E-state index is 10.3. The van der Waals surface area contributed by atoms with Gasteiger partial charge in [0.2, 0.25) is 0 Å². The number of aliphatic hydroxyl groups excluding tert-OH is 1. The van der Waals surface area contributed by atoms with Crippen molar-refractivity contribution in [1.29, 1.82) is 0 Å². The average Bonchev–Trinajstić information content (AvgIpc) is 2.24. The lowest BCUT2D eigenvalue weighted by Crippen LogP contribution is -2.27. The van der Waals surface area contributed by atoms with Crippen LogP contribution in [0.25, 0.3) is 0 Å². The molecule has 94 valence electrons. The Kier molecular flexibility index (Phi) is 4.47. The van der Waals surface area contributed by atoms with Gasteiger partial charge in [0.05, 0.1) is 6.10 Å². The highest BCUT2D eigenvalue weighted by Gasteiger charge is 2.30. The topological polar surface area (TPSA) is 37.3 Å². The Balaban J connectivity index is 3.04. The molecule has 0 aromatic rings. The van der Waals surface area contributed by atoms with E-state index in [-0.39, 0.29) is 11.5 Å². The van der Waals surface area contributed by atoms with E-state index in [1.54, 1.807) is 6.08 Å². The van der Waals surface area contributed by atoms with Gasteiger partial charge >= 0.3 is 0 Å². The molecule has 17 heavy (non-hydrogen) atoms. The van der Waals surface area contributed by atoms with Crippen LogP contribution in [0.1, 0.15) is 40.5 Å². The number of hydrogen-bond acceptors (Lipinski definition) is 2. The first-order valence-corrected chi connectivity index (χ1v) is 6.08. The van der Waals surface area contributed by atoms with Crippen LogP contribution in [0.5, 0.6) is 0 Å². The molecule has 1 rings (SSSR count). The smallest absolute Gasteiger partial charge is 0.143 e. The van der Waals surface area contributed by atoms with E-state index in [0.717, 1.165) is 30.3 Å². The van der Waals surface area contributed by atoms with Crippen LogP contribution in [0.4, 0.5) is 0 Å². The Hall–Kier alpha value is -1.15. The molecule has 0 amide bonds. The van der Waals surface area contributed by atoms with Crippen molar-refractivity contribution < 1.29 is 9.90 Å². The van der Waals surface area contributed by atoms with Gasteiger partial charge in [-0.2, -0.15) is 0 Å². The van der Waals surface area contributed by atoms with Gasteiger partial charge in [0.25, 0.3) is 0 Å². The fourth-order valence-electron chi connectivity index (χ4n) is 2.30. The minimum atomic E-state index is -0.321. The summed E-state index contributed by atoms with van der Waals surface area (Å²) in [5.74, 6) is 0. The molecule has 1 unspecified atom stereocenters. The van der Waals surface area contributed by atoms with Gasteiger partial charge in [0, 0.05) is 0 Å². The second kappa shape index (κ2) is 5.46. The predicted molar refractivity (Wildman–Crippen MR) is 70.7 cm³/mol. The van der Waals surface area contributed by atoms with Crippen LogP contribution in [0.3, 0.4) is 0 Å². The molecule has 1 atom stereocenters. The van der Waals surface area contributed by atoms with E-state index in [1.165, 1.54) is 5.57 Å². The summed E-state index contributed by atoms with van der Waals surface area (Å²) in [4.78, 5) is 10.3. The third kappa shape index (κ3) is 3.40. The van der Waals surface area contributed by atoms with Crippen molar-refractivity contribution in [3.05, 3.63) is 34.9 Å². The van der Waals surface area contributed by atoms with Gasteiger partial charge in [0.15, 0.2) is 0 Å². The molecule has 0 radical (unpaired) electrons. The molecule has 0 aromatic heterocycles. The summed E-state index contributed by atoms with van der Waals surface area (Å²) in [6, 6.07) is 0. The molecule has 0 spiro atoms. The summed E-state index contributed by atoms with van der Waals surface area (Å²) in [6.07, 6.45) is 7.81. The van der Waals surface area contributed by atoms with Gasteiger partial charge in [-0.25, -0.2) is 0 Å². The quantitative estimate of drug-likeness (QED) is 0.462. The van der Waals surface area contributed by atoms with Crippen LogP contribution in [0, 0.1) is 5.41 Å². The summed E-state index contributed by atoms with van der Waals surface area (Å²) in [7, 11) is 0. The van der Waals surface area contributed by atoms with Crippen LogP contribution in [-0.4, -0.2) is 17.5 Å². The van der Waals surface area contributed by atoms with E-state index < -0.39 is 0 Å². The van der Waals surface area contributed by atoms with Gasteiger partial charge in [-0.15, -0.1) is 0 Å². The highest BCUT2D eigenvalue weighted by atomic mass is 16.3. The zero-order valence-electron chi connectivity index (χ0n) is 11.2. The van der Waals surface area contributed by atoms with Gasteiger partial charge in [-0.1, -0.05) is 26.0 Å². The monoisotopic (exact) mass is 234 g/mol. The highest BCUT2D eigenvalue weighted by molar-refractivity contribution is 5.67. The lowest BCUT2D eigenvalue weighted by atomic mass is 9.71. The van der Waals surface area contributed by atoms with Gasteiger partial charge in [-0.05, 0) is 54.9 Å². The molecule has 1 aliphatic rings. The van der Waals surface area contributed by atoms with E-state index >= 15 is 0 Å². The third-order valence-electron chi connectivity index (χ3n) is 3.54. The molecular weight excluding hydrogens is 212 g/mol. The van der Waals surface area contributed by atoms with E-state index in [2.05, 4.69) is 13.8 Å². The van der Waals surface area contributed by atoms with Crippen LogP contribution in [0.15, 0.2) is 34.9 Å². The number of aliphatic hydroxyl groups is 1. The normalized spacial score (nSPS) is 25.5. The first-order chi connectivity index (χ1) is 7.88. The zero-order chi connectivity index (χ0) is 13.1. The lowest BCUT2D eigenvalue weighted by Gasteiger charge is -2.35. The molecule has 1 N–H and O–H groups in total. The Bertz CT molecular complexity index is 384. The molecule has 0 aliphatic heterocycles. The zero-order valence-corrected chi connectivity index (χ0v) is 11.2. The SMILES string of the molecule is CC1=C(/C=C/C(C)=C/C=O)C(C)(C)CCC1O. The first kappa shape index (κ1) is 13.9. The summed E-state index contributed by atoms with van der Waals surface area (Å²) in [5, 5.41) is 9.89. The summed E-state index contributed by atoms with van der Waals surface area (Å²) in [6.45, 7) is 8.28. The van der Waals surface area contributed by atoms with Crippen LogP contribution >= 0.6 is 0 Å². The highest BCUT2D eigenvalue weighted by Crippen LogP contribution is 2.40. The molecule has 0 bridgehead atoms. The molecular formula is C15H22O2. The second-order valence-corrected chi connectivity index (χ2v) is 5.42. The Morgan fingerprint density at radius 1 is 1.47 bits per heavy atom. The molecule has 0 saturated carbocycles. The largest absolute Gasteiger partial charge is 0.389 e. The van der Waals surface area contributed by atoms with Crippen molar-refractivity contribution >= 4 is 6.29 Å². The minimum absolute atomic E-state index is 0.0985. The van der Waals surface area contributed by atoms with E-state index in [4.69, 9.17) is 0 Å². The molecule has 2 heteroatoms. The van der Waals surface area contributed by atoms with Gasteiger partial charge < -0.3 is 5.11 Å². The van der Waals surface area contributed by atoms with E-state index in [0.29, 0.717) is 0 Å². The van der Waals surface area contributed by atoms with Crippen molar-refractivity contribution in [1.82, 2.24) is 0 Å². The molecule has 0 heterocycles. The maximum absolute atomic E-state index is 10.3. The minimum Gasteiger partial charge on any atom is -0.389 e. The number of aldehydes is 1. The first-order valence-electron chi connectivity index (χ1n) is 6.08. The average molecular weight is 234 g/mol. The molecule has 2 nitrogen and oxygen atoms in total. The fraction of sp³-hybridized carbons (Fsp3) is 0.533. The summed E-state index contributed by atoms with van der Waals surface area (Å²) >= 11 is 0. The number of allylic oxidation sites excluding steroid dienone is 5. The van der Waals surface area contributed by atoms with Crippen LogP contribution < -0.4 is 0 Å².